The van der Waals surface area contributed by atoms with E-state index in [0.29, 0.717) is 21.5 Å². The molecule has 2 aromatic carbocycles. The topological polar surface area (TPSA) is 55.8 Å². The predicted molar refractivity (Wildman–Crippen MR) is 102 cm³/mol. The van der Waals surface area contributed by atoms with Crippen molar-refractivity contribution in [2.24, 2.45) is 0 Å². The third-order valence-corrected chi connectivity index (χ3v) is 5.09. The van der Waals surface area contributed by atoms with Gasteiger partial charge in [0.15, 0.2) is 17.8 Å². The van der Waals surface area contributed by atoms with Crippen LogP contribution >= 0.6 is 15.9 Å². The molecule has 0 radical (unpaired) electrons. The van der Waals surface area contributed by atoms with Crippen molar-refractivity contribution in [3.8, 4) is 11.5 Å². The van der Waals surface area contributed by atoms with Crippen molar-refractivity contribution in [1.82, 2.24) is 4.90 Å². The van der Waals surface area contributed by atoms with Gasteiger partial charge in [0.1, 0.15) is 0 Å². The number of rotatable bonds is 6. The van der Waals surface area contributed by atoms with Crippen LogP contribution in [0.15, 0.2) is 46.9 Å². The molecule has 0 bridgehead atoms. The summed E-state index contributed by atoms with van der Waals surface area (Å²) in [6.45, 7) is 1.48. The molecule has 1 aliphatic rings. The number of methoxy groups -OCH3 is 1. The molecule has 5 nitrogen and oxygen atoms in total. The number of amides is 1. The van der Waals surface area contributed by atoms with Crippen LogP contribution < -0.4 is 9.47 Å². The molecule has 0 N–H and O–H groups in total. The first kappa shape index (κ1) is 18.5. The fraction of sp³-hybridized carbons (Fsp3) is 0.300. The first-order valence-electron chi connectivity index (χ1n) is 8.47. The molecule has 26 heavy (non-hydrogen) atoms. The Balaban J connectivity index is 1.98. The first-order valence-corrected chi connectivity index (χ1v) is 9.26. The monoisotopic (exact) mass is 417 g/mol. The number of hydrogen-bond donors (Lipinski definition) is 0. The van der Waals surface area contributed by atoms with E-state index in [1.54, 1.807) is 12.1 Å². The van der Waals surface area contributed by atoms with Gasteiger partial charge >= 0.3 is 0 Å². The van der Waals surface area contributed by atoms with Gasteiger partial charge in [-0.1, -0.05) is 30.3 Å². The molecular formula is C20H20BrNO4. The highest BCUT2D eigenvalue weighted by Gasteiger charge is 2.30. The number of hydrogen-bond acceptors (Lipinski definition) is 4. The van der Waals surface area contributed by atoms with Crippen molar-refractivity contribution in [2.75, 3.05) is 20.2 Å². The number of benzene rings is 2. The van der Waals surface area contributed by atoms with E-state index in [1.807, 2.05) is 35.2 Å². The summed E-state index contributed by atoms with van der Waals surface area (Å²) in [5, 5.41) is 0. The van der Waals surface area contributed by atoms with Crippen LogP contribution in [-0.2, 0) is 4.79 Å². The van der Waals surface area contributed by atoms with Crippen LogP contribution in [0.4, 0.5) is 0 Å². The highest BCUT2D eigenvalue weighted by Crippen LogP contribution is 2.36. The van der Waals surface area contributed by atoms with Gasteiger partial charge in [-0.25, -0.2) is 0 Å². The summed E-state index contributed by atoms with van der Waals surface area (Å²) in [6, 6.07) is 12.6. The van der Waals surface area contributed by atoms with Gasteiger partial charge in [0, 0.05) is 28.7 Å². The fourth-order valence-electron chi connectivity index (χ4n) is 3.01. The maximum atomic E-state index is 13.1. The smallest absolute Gasteiger partial charge is 0.268 e. The second-order valence-corrected chi connectivity index (χ2v) is 6.94. The largest absolute Gasteiger partial charge is 0.493 e. The lowest BCUT2D eigenvalue weighted by atomic mass is 10.1. The van der Waals surface area contributed by atoms with Gasteiger partial charge in [0.2, 0.25) is 6.10 Å². The van der Waals surface area contributed by atoms with Gasteiger partial charge in [-0.3, -0.25) is 9.59 Å². The number of carbonyl (C=O) groups excluding carboxylic acids is 2. The molecule has 0 spiro atoms. The Labute approximate surface area is 161 Å². The minimum absolute atomic E-state index is 0.0775. The van der Waals surface area contributed by atoms with Crippen molar-refractivity contribution in [3.63, 3.8) is 0 Å². The predicted octanol–water partition coefficient (Wildman–Crippen LogP) is 4.01. The molecule has 2 aromatic rings. The third-order valence-electron chi connectivity index (χ3n) is 4.40. The zero-order chi connectivity index (χ0) is 18.5. The molecule has 0 aromatic heterocycles. The lowest BCUT2D eigenvalue weighted by Gasteiger charge is -2.25. The van der Waals surface area contributed by atoms with Crippen molar-refractivity contribution in [3.05, 3.63) is 58.1 Å². The number of aldehydes is 1. The van der Waals surface area contributed by atoms with Gasteiger partial charge in [-0.05, 0) is 40.9 Å². The zero-order valence-corrected chi connectivity index (χ0v) is 16.1. The quantitative estimate of drug-likeness (QED) is 0.666. The number of halogens is 1. The summed E-state index contributed by atoms with van der Waals surface area (Å²) in [7, 11) is 1.52. The Morgan fingerprint density at radius 1 is 1.15 bits per heavy atom. The molecule has 0 saturated carbocycles. The molecule has 1 fully saturated rings. The zero-order valence-electron chi connectivity index (χ0n) is 14.5. The number of carbonyl (C=O) groups is 2. The van der Waals surface area contributed by atoms with Gasteiger partial charge in [0.25, 0.3) is 5.91 Å². The van der Waals surface area contributed by atoms with Crippen molar-refractivity contribution in [2.45, 2.75) is 18.9 Å². The Kier molecular flexibility index (Phi) is 5.93. The highest BCUT2D eigenvalue weighted by atomic mass is 79.9. The molecule has 3 rings (SSSR count). The molecule has 136 valence electrons. The Hall–Kier alpha value is -2.34. The summed E-state index contributed by atoms with van der Waals surface area (Å²) in [5.41, 5.74) is 1.20. The van der Waals surface area contributed by atoms with Crippen LogP contribution in [-0.4, -0.2) is 37.3 Å². The molecule has 1 heterocycles. The molecular weight excluding hydrogens is 398 g/mol. The minimum Gasteiger partial charge on any atom is -0.493 e. The van der Waals surface area contributed by atoms with Crippen LogP contribution in [0.3, 0.4) is 0 Å². The van der Waals surface area contributed by atoms with Gasteiger partial charge in [-0.15, -0.1) is 0 Å². The molecule has 0 unspecified atom stereocenters. The van der Waals surface area contributed by atoms with E-state index in [2.05, 4.69) is 15.9 Å². The molecule has 1 amide bonds. The third kappa shape index (κ3) is 3.90. The van der Waals surface area contributed by atoms with Crippen molar-refractivity contribution < 1.29 is 19.1 Å². The Bertz CT molecular complexity index is 788. The first-order chi connectivity index (χ1) is 12.6. The minimum atomic E-state index is -0.788. The van der Waals surface area contributed by atoms with E-state index in [1.165, 1.54) is 7.11 Å². The standard InChI is InChI=1S/C20H20BrNO4/c1-25-17-12-16(21)15(13-23)11-18(17)26-19(14-7-3-2-4-8-14)20(24)22-9-5-6-10-22/h2-4,7-8,11-13,19H,5-6,9-10H2,1H3/t19-/m1/s1. The van der Waals surface area contributed by atoms with Crippen molar-refractivity contribution in [1.29, 1.82) is 0 Å². The normalized spacial score (nSPS) is 14.8. The number of likely N-dealkylation sites (tertiary alicyclic amines) is 1. The van der Waals surface area contributed by atoms with E-state index in [9.17, 15) is 9.59 Å². The van der Waals surface area contributed by atoms with E-state index in [0.717, 1.165) is 37.8 Å². The summed E-state index contributed by atoms with van der Waals surface area (Å²) in [5.74, 6) is 0.739. The van der Waals surface area contributed by atoms with E-state index in [-0.39, 0.29) is 5.91 Å². The number of nitrogens with zero attached hydrogens (tertiary/aromatic N) is 1. The Morgan fingerprint density at radius 2 is 1.85 bits per heavy atom. The molecule has 6 heteroatoms. The second kappa shape index (κ2) is 8.36. The van der Waals surface area contributed by atoms with Gasteiger partial charge < -0.3 is 14.4 Å². The van der Waals surface area contributed by atoms with Crippen LogP contribution in [0.25, 0.3) is 0 Å². The lowest BCUT2D eigenvalue weighted by molar-refractivity contribution is -0.138. The number of ether oxygens (including phenoxy) is 2. The Morgan fingerprint density at radius 3 is 2.46 bits per heavy atom. The average Bonchev–Trinajstić information content (AvgIpc) is 3.21. The van der Waals surface area contributed by atoms with Crippen LogP contribution in [0.1, 0.15) is 34.9 Å². The fourth-order valence-corrected chi connectivity index (χ4v) is 3.43. The SMILES string of the molecule is COc1cc(Br)c(C=O)cc1O[C@@H](C(=O)N1CCCC1)c1ccccc1. The van der Waals surface area contributed by atoms with Gasteiger partial charge in [0.05, 0.1) is 7.11 Å². The highest BCUT2D eigenvalue weighted by molar-refractivity contribution is 9.10. The van der Waals surface area contributed by atoms with Crippen LogP contribution in [0, 0.1) is 0 Å². The molecule has 0 aliphatic carbocycles. The average molecular weight is 418 g/mol. The maximum Gasteiger partial charge on any atom is 0.268 e. The second-order valence-electron chi connectivity index (χ2n) is 6.08. The van der Waals surface area contributed by atoms with Gasteiger partial charge in [-0.2, -0.15) is 0 Å². The van der Waals surface area contributed by atoms with E-state index >= 15 is 0 Å². The summed E-state index contributed by atoms with van der Waals surface area (Å²) < 4.78 is 12.1. The summed E-state index contributed by atoms with van der Waals surface area (Å²) in [4.78, 5) is 26.2. The molecule has 1 atom stereocenters. The molecule has 1 saturated heterocycles. The van der Waals surface area contributed by atoms with E-state index in [4.69, 9.17) is 9.47 Å². The van der Waals surface area contributed by atoms with Crippen LogP contribution in [0.5, 0.6) is 11.5 Å². The maximum absolute atomic E-state index is 13.1. The summed E-state index contributed by atoms with van der Waals surface area (Å²) in [6.07, 6.45) is 1.95. The summed E-state index contributed by atoms with van der Waals surface area (Å²) >= 11 is 3.33. The molecule has 1 aliphatic heterocycles. The van der Waals surface area contributed by atoms with Crippen LogP contribution in [0.2, 0.25) is 0 Å². The van der Waals surface area contributed by atoms with E-state index < -0.39 is 6.10 Å². The van der Waals surface area contributed by atoms with Crippen molar-refractivity contribution >= 4 is 28.1 Å². The lowest BCUT2D eigenvalue weighted by Crippen LogP contribution is -2.35.